The number of rotatable bonds is 4. The maximum absolute atomic E-state index is 13.9. The molecule has 31 heavy (non-hydrogen) atoms. The molecule has 2 aromatic heterocycles. The van der Waals surface area contributed by atoms with Crippen LogP contribution in [0.25, 0.3) is 32.9 Å². The van der Waals surface area contributed by atoms with Crippen LogP contribution in [0, 0.1) is 26.6 Å². The molecular formula is C24H19FN2O4. The Morgan fingerprint density at radius 1 is 1.00 bits per heavy atom. The van der Waals surface area contributed by atoms with E-state index in [9.17, 15) is 24.2 Å². The molecule has 156 valence electrons. The first-order valence-electron chi connectivity index (χ1n) is 9.62. The van der Waals surface area contributed by atoms with Crippen LogP contribution in [0.2, 0.25) is 0 Å². The third kappa shape index (κ3) is 3.38. The fourth-order valence-electron chi connectivity index (χ4n) is 4.11. The van der Waals surface area contributed by atoms with Crippen molar-refractivity contribution in [3.05, 3.63) is 70.3 Å². The second-order valence-electron chi connectivity index (χ2n) is 7.58. The summed E-state index contributed by atoms with van der Waals surface area (Å²) in [5.41, 5.74) is 4.84. The summed E-state index contributed by atoms with van der Waals surface area (Å²) in [6.45, 7) is 5.52. The number of benzene rings is 2. The fraction of sp³-hybridized carbons (Fsp3) is 0.167. The van der Waals surface area contributed by atoms with Gasteiger partial charge in [-0.3, -0.25) is 9.78 Å². The molecule has 0 aliphatic carbocycles. The summed E-state index contributed by atoms with van der Waals surface area (Å²) in [5, 5.41) is 19.9. The van der Waals surface area contributed by atoms with E-state index in [4.69, 9.17) is 0 Å². The van der Waals surface area contributed by atoms with Crippen LogP contribution >= 0.6 is 0 Å². The molecule has 0 saturated carbocycles. The van der Waals surface area contributed by atoms with Gasteiger partial charge in [0.05, 0.1) is 23.7 Å². The maximum Gasteiger partial charge on any atom is 0.355 e. The Morgan fingerprint density at radius 2 is 1.68 bits per heavy atom. The van der Waals surface area contributed by atoms with Crippen molar-refractivity contribution in [2.24, 2.45) is 0 Å². The summed E-state index contributed by atoms with van der Waals surface area (Å²) in [7, 11) is 0. The number of aliphatic carboxylic acids is 1. The average Bonchev–Trinajstić information content (AvgIpc) is 2.71. The molecule has 4 aromatic rings. The zero-order chi connectivity index (χ0) is 22.4. The third-order valence-electron chi connectivity index (χ3n) is 5.54. The lowest BCUT2D eigenvalue weighted by atomic mass is 9.86. The van der Waals surface area contributed by atoms with Crippen LogP contribution in [0.4, 0.5) is 4.39 Å². The predicted octanol–water partition coefficient (Wildman–Crippen LogP) is 4.84. The molecule has 4 rings (SSSR count). The zero-order valence-corrected chi connectivity index (χ0v) is 17.2. The summed E-state index contributed by atoms with van der Waals surface area (Å²) < 4.78 is 13.9. The summed E-state index contributed by atoms with van der Waals surface area (Å²) in [5.74, 6) is -2.97. The largest absolute Gasteiger partial charge is 0.481 e. The Labute approximate surface area is 177 Å². The maximum atomic E-state index is 13.9. The van der Waals surface area contributed by atoms with E-state index in [1.165, 1.54) is 0 Å². The second-order valence-corrected chi connectivity index (χ2v) is 7.58. The Balaban J connectivity index is 2.24. The molecule has 0 radical (unpaired) electrons. The quantitative estimate of drug-likeness (QED) is 0.460. The van der Waals surface area contributed by atoms with Crippen LogP contribution in [0.1, 0.15) is 32.7 Å². The number of aromatic nitrogens is 2. The Morgan fingerprint density at radius 3 is 2.29 bits per heavy atom. The van der Waals surface area contributed by atoms with Crippen LogP contribution in [0.3, 0.4) is 0 Å². The molecule has 6 nitrogen and oxygen atoms in total. The molecule has 0 atom stereocenters. The van der Waals surface area contributed by atoms with Crippen molar-refractivity contribution in [2.75, 3.05) is 0 Å². The lowest BCUT2D eigenvalue weighted by Crippen LogP contribution is -2.10. The van der Waals surface area contributed by atoms with Gasteiger partial charge in [-0.05, 0) is 54.7 Å². The van der Waals surface area contributed by atoms with Gasteiger partial charge in [-0.2, -0.15) is 0 Å². The van der Waals surface area contributed by atoms with Crippen LogP contribution in [-0.2, 0) is 11.2 Å². The van der Waals surface area contributed by atoms with Gasteiger partial charge < -0.3 is 10.2 Å². The number of hydrogen-bond donors (Lipinski definition) is 2. The minimum Gasteiger partial charge on any atom is -0.481 e. The molecule has 0 amide bonds. The molecule has 0 fully saturated rings. The smallest absolute Gasteiger partial charge is 0.355 e. The number of halogens is 1. The van der Waals surface area contributed by atoms with E-state index < -0.39 is 17.8 Å². The summed E-state index contributed by atoms with van der Waals surface area (Å²) >= 11 is 0. The average molecular weight is 418 g/mol. The van der Waals surface area contributed by atoms with Crippen LogP contribution < -0.4 is 0 Å². The van der Waals surface area contributed by atoms with Gasteiger partial charge in [0.15, 0.2) is 5.69 Å². The molecule has 0 unspecified atom stereocenters. The molecule has 2 heterocycles. The van der Waals surface area contributed by atoms with Crippen LogP contribution in [0.15, 0.2) is 36.5 Å². The first-order valence-corrected chi connectivity index (χ1v) is 9.62. The summed E-state index contributed by atoms with van der Waals surface area (Å²) in [6, 6.07) is 8.84. The lowest BCUT2D eigenvalue weighted by molar-refractivity contribution is -0.136. The van der Waals surface area contributed by atoms with E-state index in [0.717, 1.165) is 29.0 Å². The van der Waals surface area contributed by atoms with Crippen molar-refractivity contribution < 1.29 is 24.2 Å². The van der Waals surface area contributed by atoms with Crippen molar-refractivity contribution in [3.8, 4) is 11.1 Å². The molecule has 2 N–H and O–H groups in total. The fourth-order valence-corrected chi connectivity index (χ4v) is 4.11. The van der Waals surface area contributed by atoms with Gasteiger partial charge in [0, 0.05) is 10.8 Å². The van der Waals surface area contributed by atoms with Crippen molar-refractivity contribution in [3.63, 3.8) is 0 Å². The number of carboxylic acids is 2. The highest BCUT2D eigenvalue weighted by Gasteiger charge is 2.24. The van der Waals surface area contributed by atoms with Gasteiger partial charge in [0.25, 0.3) is 0 Å². The van der Waals surface area contributed by atoms with E-state index >= 15 is 0 Å². The molecule has 0 aliphatic rings. The summed E-state index contributed by atoms with van der Waals surface area (Å²) in [6.07, 6.45) is 0.795. The summed E-state index contributed by atoms with van der Waals surface area (Å²) in [4.78, 5) is 32.0. The Kier molecular flexibility index (Phi) is 4.89. The molecule has 7 heteroatoms. The van der Waals surface area contributed by atoms with Crippen molar-refractivity contribution in [1.29, 1.82) is 0 Å². The number of aryl methyl sites for hydroxylation is 3. The molecule has 0 aliphatic heterocycles. The number of hydrogen-bond acceptors (Lipinski definition) is 4. The zero-order valence-electron chi connectivity index (χ0n) is 17.2. The van der Waals surface area contributed by atoms with Crippen LogP contribution in [0.5, 0.6) is 0 Å². The monoisotopic (exact) mass is 418 g/mol. The van der Waals surface area contributed by atoms with Gasteiger partial charge in [0.1, 0.15) is 5.82 Å². The molecular weight excluding hydrogens is 399 g/mol. The van der Waals surface area contributed by atoms with E-state index in [2.05, 4.69) is 9.97 Å². The lowest BCUT2D eigenvalue weighted by Gasteiger charge is -2.20. The van der Waals surface area contributed by atoms with Gasteiger partial charge in [-0.1, -0.05) is 29.8 Å². The molecule has 0 spiro atoms. The second kappa shape index (κ2) is 7.43. The first-order chi connectivity index (χ1) is 14.7. The van der Waals surface area contributed by atoms with Crippen molar-refractivity contribution >= 4 is 33.7 Å². The van der Waals surface area contributed by atoms with Gasteiger partial charge >= 0.3 is 11.9 Å². The highest BCUT2D eigenvalue weighted by molar-refractivity contribution is 6.14. The molecule has 2 aromatic carbocycles. The van der Waals surface area contributed by atoms with Crippen molar-refractivity contribution in [1.82, 2.24) is 9.97 Å². The minimum atomic E-state index is -1.31. The number of carboxylic acid groups (broad SMARTS) is 2. The highest BCUT2D eigenvalue weighted by Crippen LogP contribution is 2.39. The van der Waals surface area contributed by atoms with Crippen molar-refractivity contribution in [2.45, 2.75) is 27.2 Å². The van der Waals surface area contributed by atoms with Gasteiger partial charge in [-0.15, -0.1) is 0 Å². The number of carbonyl (C=O) groups is 2. The van der Waals surface area contributed by atoms with E-state index in [0.29, 0.717) is 33.1 Å². The van der Waals surface area contributed by atoms with E-state index in [1.807, 2.05) is 38.1 Å². The number of nitrogens with zero attached hydrogens (tertiary/aromatic N) is 2. The highest BCUT2D eigenvalue weighted by atomic mass is 19.1. The topological polar surface area (TPSA) is 100 Å². The predicted molar refractivity (Wildman–Crippen MR) is 115 cm³/mol. The minimum absolute atomic E-state index is 0.100. The standard InChI is InChI=1S/C24H19FN2O4/c1-11-4-6-14(7-5-11)19-13(3)20-21(12(2)16(19)9-18(28)29)27-23(24(30)31)17-8-15(25)10-26-22(17)20/h4-8,10H,9H2,1-3H3,(H,28,29)(H,30,31). The first kappa shape index (κ1) is 20.4. The molecule has 0 saturated heterocycles. The normalized spacial score (nSPS) is 11.2. The SMILES string of the molecule is Cc1ccc(-c2c(CC(=O)O)c(C)c3nc(C(=O)O)c4cc(F)cnc4c3c2C)cc1. The number of fused-ring (bicyclic) bond motifs is 3. The third-order valence-corrected chi connectivity index (χ3v) is 5.54. The number of aromatic carboxylic acids is 1. The molecule has 0 bridgehead atoms. The Hall–Kier alpha value is -3.87. The Bertz CT molecular complexity index is 1400. The van der Waals surface area contributed by atoms with E-state index in [1.54, 1.807) is 6.92 Å². The van der Waals surface area contributed by atoms with Gasteiger partial charge in [0.2, 0.25) is 0 Å². The number of pyridine rings is 2. The van der Waals surface area contributed by atoms with E-state index in [-0.39, 0.29) is 17.5 Å². The van der Waals surface area contributed by atoms with Crippen LogP contribution in [-0.4, -0.2) is 32.1 Å². The van der Waals surface area contributed by atoms with Gasteiger partial charge in [-0.25, -0.2) is 14.2 Å².